The highest BCUT2D eigenvalue weighted by atomic mass is 35.5. The third-order valence-electron chi connectivity index (χ3n) is 4.80. The number of carbonyl (C=O) groups is 1. The van der Waals surface area contributed by atoms with E-state index in [-0.39, 0.29) is 18.6 Å². The first-order chi connectivity index (χ1) is 13.3. The molecule has 0 radical (unpaired) electrons. The Morgan fingerprint density at radius 1 is 1.29 bits per heavy atom. The quantitative estimate of drug-likeness (QED) is 0.336. The van der Waals surface area contributed by atoms with Crippen LogP contribution in [0.1, 0.15) is 22.7 Å². The first-order valence-electron chi connectivity index (χ1n) is 9.33. The van der Waals surface area contributed by atoms with Crippen molar-refractivity contribution in [2.75, 3.05) is 18.2 Å². The number of carbonyl (C=O) groups excluding carboxylic acids is 1. The van der Waals surface area contributed by atoms with Crippen molar-refractivity contribution in [2.45, 2.75) is 43.9 Å². The summed E-state index contributed by atoms with van der Waals surface area (Å²) in [4.78, 5) is 23.6. The minimum atomic E-state index is -1.18. The lowest BCUT2D eigenvalue weighted by Crippen LogP contribution is -2.33. The van der Waals surface area contributed by atoms with Crippen LogP contribution in [-0.2, 0) is 21.8 Å². The lowest BCUT2D eigenvalue weighted by molar-refractivity contribution is -0.120. The molecule has 0 fully saturated rings. The fraction of sp³-hybridized carbons (Fsp3) is 0.450. The van der Waals surface area contributed by atoms with Gasteiger partial charge in [0.2, 0.25) is 5.91 Å². The zero-order valence-corrected chi connectivity index (χ0v) is 18.9. The number of hydrogen-bond donors (Lipinski definition) is 0. The van der Waals surface area contributed by atoms with Crippen LogP contribution in [0.4, 0.5) is 5.82 Å². The standard InChI is InChI=1S/C20H25Cl2N3O2Si/c1-28(2,3)8-7-27-13-25-19-16(5-4-6-23-19)17(20(25)26)10-18-14(11-21)9-15(22)12-24-18/h4-6,9,12,17H,7-8,10-11,13H2,1-3H3. The Bertz CT molecular complexity index is 858. The van der Waals surface area contributed by atoms with Crippen LogP contribution in [0.5, 0.6) is 0 Å². The van der Waals surface area contributed by atoms with Crippen molar-refractivity contribution in [2.24, 2.45) is 0 Å². The molecule has 0 saturated heterocycles. The molecule has 2 aromatic heterocycles. The summed E-state index contributed by atoms with van der Waals surface area (Å²) in [6.45, 7) is 7.79. The van der Waals surface area contributed by atoms with E-state index in [1.807, 2.05) is 12.1 Å². The normalized spacial score (nSPS) is 16.5. The molecule has 2 aromatic rings. The molecule has 0 N–H and O–H groups in total. The van der Waals surface area contributed by atoms with E-state index in [0.717, 1.165) is 22.9 Å². The Morgan fingerprint density at radius 2 is 2.07 bits per heavy atom. The highest BCUT2D eigenvalue weighted by Gasteiger charge is 2.38. The van der Waals surface area contributed by atoms with Gasteiger partial charge in [-0.25, -0.2) is 4.98 Å². The van der Waals surface area contributed by atoms with E-state index < -0.39 is 8.07 Å². The van der Waals surface area contributed by atoms with E-state index >= 15 is 0 Å². The van der Waals surface area contributed by atoms with Gasteiger partial charge in [-0.2, -0.15) is 0 Å². The topological polar surface area (TPSA) is 55.3 Å². The van der Waals surface area contributed by atoms with Crippen LogP contribution >= 0.6 is 23.2 Å². The van der Waals surface area contributed by atoms with E-state index in [0.29, 0.717) is 29.7 Å². The smallest absolute Gasteiger partial charge is 0.238 e. The van der Waals surface area contributed by atoms with Gasteiger partial charge in [-0.1, -0.05) is 37.3 Å². The third kappa shape index (κ3) is 4.92. The van der Waals surface area contributed by atoms with Gasteiger partial charge in [-0.15, -0.1) is 11.6 Å². The lowest BCUT2D eigenvalue weighted by atomic mass is 9.95. The molecule has 3 heterocycles. The van der Waals surface area contributed by atoms with Gasteiger partial charge >= 0.3 is 0 Å². The molecule has 8 heteroatoms. The van der Waals surface area contributed by atoms with Gasteiger partial charge in [-0.05, 0) is 23.7 Å². The van der Waals surface area contributed by atoms with E-state index in [9.17, 15) is 4.79 Å². The van der Waals surface area contributed by atoms with Crippen LogP contribution in [0.25, 0.3) is 0 Å². The summed E-state index contributed by atoms with van der Waals surface area (Å²) in [7, 11) is -1.18. The molecular weight excluding hydrogens is 413 g/mol. The predicted octanol–water partition coefficient (Wildman–Crippen LogP) is 4.85. The molecular formula is C20H25Cl2N3O2Si. The van der Waals surface area contributed by atoms with Crippen molar-refractivity contribution >= 4 is 43.0 Å². The number of amides is 1. The zero-order valence-electron chi connectivity index (χ0n) is 16.4. The van der Waals surface area contributed by atoms with E-state index in [2.05, 4.69) is 29.6 Å². The van der Waals surface area contributed by atoms with E-state index in [1.165, 1.54) is 0 Å². The summed E-state index contributed by atoms with van der Waals surface area (Å²) in [6.07, 6.45) is 3.75. The van der Waals surface area contributed by atoms with Crippen molar-refractivity contribution in [3.05, 3.63) is 52.4 Å². The summed E-state index contributed by atoms with van der Waals surface area (Å²) in [6, 6.07) is 6.66. The van der Waals surface area contributed by atoms with E-state index in [4.69, 9.17) is 27.9 Å². The number of hydrogen-bond acceptors (Lipinski definition) is 4. The SMILES string of the molecule is C[Si](C)(C)CCOCN1C(=O)C(Cc2ncc(Cl)cc2CCl)c2cccnc21. The summed E-state index contributed by atoms with van der Waals surface area (Å²) in [5.41, 5.74) is 2.53. The van der Waals surface area contributed by atoms with Crippen molar-refractivity contribution in [3.8, 4) is 0 Å². The molecule has 0 saturated carbocycles. The van der Waals surface area contributed by atoms with Crippen LogP contribution in [0.3, 0.4) is 0 Å². The molecule has 0 aliphatic carbocycles. The number of rotatable bonds is 8. The van der Waals surface area contributed by atoms with Gasteiger partial charge in [0.05, 0.1) is 10.9 Å². The number of ether oxygens (including phenoxy) is 1. The first-order valence-corrected chi connectivity index (χ1v) is 14.0. The zero-order chi connectivity index (χ0) is 20.3. The van der Waals surface area contributed by atoms with Crippen molar-refractivity contribution in [3.63, 3.8) is 0 Å². The fourth-order valence-corrected chi connectivity index (χ4v) is 4.36. The molecule has 0 bridgehead atoms. The van der Waals surface area contributed by atoms with Crippen LogP contribution in [0, 0.1) is 0 Å². The molecule has 1 aliphatic heterocycles. The number of alkyl halides is 1. The maximum absolute atomic E-state index is 13.2. The Morgan fingerprint density at radius 3 is 2.79 bits per heavy atom. The highest BCUT2D eigenvalue weighted by molar-refractivity contribution is 6.76. The Kier molecular flexibility index (Phi) is 6.76. The number of fused-ring (bicyclic) bond motifs is 1. The monoisotopic (exact) mass is 437 g/mol. The maximum Gasteiger partial charge on any atom is 0.238 e. The summed E-state index contributed by atoms with van der Waals surface area (Å²) >= 11 is 12.1. The van der Waals surface area contributed by atoms with Crippen molar-refractivity contribution < 1.29 is 9.53 Å². The molecule has 150 valence electrons. The Labute approximate surface area is 177 Å². The molecule has 28 heavy (non-hydrogen) atoms. The molecule has 5 nitrogen and oxygen atoms in total. The van der Waals surface area contributed by atoms with Gasteiger partial charge in [-0.3, -0.25) is 14.7 Å². The van der Waals surface area contributed by atoms with Gasteiger partial charge in [0.1, 0.15) is 12.5 Å². The average Bonchev–Trinajstić information content (AvgIpc) is 2.91. The second kappa shape index (κ2) is 8.90. The lowest BCUT2D eigenvalue weighted by Gasteiger charge is -2.20. The second-order valence-corrected chi connectivity index (χ2v) is 14.5. The van der Waals surface area contributed by atoms with Gasteiger partial charge in [0.15, 0.2) is 0 Å². The van der Waals surface area contributed by atoms with Crippen LogP contribution in [-0.4, -0.2) is 37.3 Å². The molecule has 1 unspecified atom stereocenters. The minimum absolute atomic E-state index is 0.0148. The average molecular weight is 438 g/mol. The van der Waals surface area contributed by atoms with Crippen molar-refractivity contribution in [1.29, 1.82) is 0 Å². The summed E-state index contributed by atoms with van der Waals surface area (Å²) in [5, 5.41) is 0.539. The fourth-order valence-electron chi connectivity index (χ4n) is 3.19. The van der Waals surface area contributed by atoms with Gasteiger partial charge < -0.3 is 4.74 Å². The molecule has 0 aromatic carbocycles. The molecule has 3 rings (SSSR count). The van der Waals surface area contributed by atoms with Gasteiger partial charge in [0, 0.05) is 50.6 Å². The summed E-state index contributed by atoms with van der Waals surface area (Å²) in [5.74, 6) is 0.610. The number of pyridine rings is 2. The molecule has 0 spiro atoms. The maximum atomic E-state index is 13.2. The number of anilines is 1. The molecule has 1 aliphatic rings. The second-order valence-electron chi connectivity index (χ2n) is 8.18. The largest absolute Gasteiger partial charge is 0.361 e. The van der Waals surface area contributed by atoms with Crippen LogP contribution < -0.4 is 4.90 Å². The summed E-state index contributed by atoms with van der Waals surface area (Å²) < 4.78 is 5.83. The first kappa shape index (κ1) is 21.2. The molecule has 1 atom stereocenters. The van der Waals surface area contributed by atoms with Crippen molar-refractivity contribution in [1.82, 2.24) is 9.97 Å². The third-order valence-corrected chi connectivity index (χ3v) is 7.00. The Balaban J connectivity index is 1.77. The van der Waals surface area contributed by atoms with Gasteiger partial charge in [0.25, 0.3) is 0 Å². The van der Waals surface area contributed by atoms with Crippen LogP contribution in [0.15, 0.2) is 30.6 Å². The predicted molar refractivity (Wildman–Crippen MR) is 116 cm³/mol. The Hall–Kier alpha value is -1.47. The molecule has 1 amide bonds. The number of nitrogens with zero attached hydrogens (tertiary/aromatic N) is 3. The number of aromatic nitrogens is 2. The number of halogens is 2. The van der Waals surface area contributed by atoms with E-state index in [1.54, 1.807) is 23.4 Å². The van der Waals surface area contributed by atoms with Crippen LogP contribution in [0.2, 0.25) is 30.7 Å². The highest BCUT2D eigenvalue weighted by Crippen LogP contribution is 2.37. The minimum Gasteiger partial charge on any atom is -0.361 e.